The summed E-state index contributed by atoms with van der Waals surface area (Å²) in [7, 11) is 0. The largest absolute Gasteiger partial charge is 0.370 e. The molecule has 1 N–H and O–H groups in total. The quantitative estimate of drug-likeness (QED) is 0.723. The van der Waals surface area contributed by atoms with Crippen molar-refractivity contribution in [2.75, 3.05) is 31.1 Å². The van der Waals surface area contributed by atoms with Crippen molar-refractivity contribution in [2.45, 2.75) is 58.7 Å². The number of hydrogen-bond acceptors (Lipinski definition) is 4. The summed E-state index contributed by atoms with van der Waals surface area (Å²) in [5, 5.41) is 10.1. The maximum atomic E-state index is 12.8. The summed E-state index contributed by atoms with van der Waals surface area (Å²) in [6, 6.07) is 11.9. The number of amides is 1. The van der Waals surface area contributed by atoms with Crippen molar-refractivity contribution < 1.29 is 14.5 Å². The predicted molar refractivity (Wildman–Crippen MR) is 123 cm³/mol. The molecule has 1 aromatic heterocycles. The van der Waals surface area contributed by atoms with Crippen LogP contribution in [-0.4, -0.2) is 42.6 Å². The van der Waals surface area contributed by atoms with Gasteiger partial charge < -0.3 is 9.64 Å². The first-order chi connectivity index (χ1) is 15.4. The Morgan fingerprint density at radius 2 is 1.88 bits per heavy atom. The zero-order valence-electron chi connectivity index (χ0n) is 19.4. The first-order valence-electron chi connectivity index (χ1n) is 11.7. The molecule has 2 aliphatic heterocycles. The van der Waals surface area contributed by atoms with E-state index < -0.39 is 0 Å². The highest BCUT2D eigenvalue weighted by atomic mass is 16.5. The predicted octanol–water partition coefficient (Wildman–Crippen LogP) is 3.53. The van der Waals surface area contributed by atoms with Crippen LogP contribution in [0.2, 0.25) is 0 Å². The second-order valence-corrected chi connectivity index (χ2v) is 9.37. The van der Waals surface area contributed by atoms with Crippen LogP contribution in [0.3, 0.4) is 0 Å². The molecule has 0 bridgehead atoms. The highest BCUT2D eigenvalue weighted by Gasteiger charge is 2.36. The third-order valence-electron chi connectivity index (χ3n) is 6.54. The van der Waals surface area contributed by atoms with Gasteiger partial charge in [-0.15, -0.1) is 0 Å². The number of fused-ring (bicyclic) bond motifs is 1. The minimum absolute atomic E-state index is 0.0720. The lowest BCUT2D eigenvalue weighted by Crippen LogP contribution is -2.51. The van der Waals surface area contributed by atoms with E-state index in [1.807, 2.05) is 35.2 Å². The number of aromatic amines is 1. The lowest BCUT2D eigenvalue weighted by atomic mass is 9.87. The highest BCUT2D eigenvalue weighted by molar-refractivity contribution is 5.94. The van der Waals surface area contributed by atoms with Crippen LogP contribution in [0, 0.1) is 11.3 Å². The molecule has 1 fully saturated rings. The third kappa shape index (κ3) is 4.49. The number of anilines is 1. The third-order valence-corrected chi connectivity index (χ3v) is 6.54. The normalized spacial score (nSPS) is 17.6. The number of nitrogens with zero attached hydrogens (tertiary/aromatic N) is 3. The molecule has 6 heteroatoms. The minimum Gasteiger partial charge on any atom is -0.370 e. The van der Waals surface area contributed by atoms with Crippen molar-refractivity contribution in [3.8, 4) is 6.07 Å². The van der Waals surface area contributed by atoms with Gasteiger partial charge in [-0.25, -0.2) is 4.98 Å². The lowest BCUT2D eigenvalue weighted by Gasteiger charge is -2.35. The van der Waals surface area contributed by atoms with E-state index in [-0.39, 0.29) is 11.5 Å². The Kier molecular flexibility index (Phi) is 6.48. The molecule has 0 unspecified atom stereocenters. The van der Waals surface area contributed by atoms with Crippen molar-refractivity contribution in [1.82, 2.24) is 4.90 Å². The van der Waals surface area contributed by atoms with Gasteiger partial charge in [-0.3, -0.25) is 9.69 Å². The summed E-state index contributed by atoms with van der Waals surface area (Å²) in [5.41, 5.74) is 4.67. The number of nitrogens with one attached hydrogen (secondary N) is 1. The first kappa shape index (κ1) is 22.3. The Labute approximate surface area is 190 Å². The molecule has 0 spiro atoms. The number of pyridine rings is 1. The van der Waals surface area contributed by atoms with Gasteiger partial charge in [-0.2, -0.15) is 5.26 Å². The van der Waals surface area contributed by atoms with Crippen molar-refractivity contribution in [2.24, 2.45) is 0 Å². The van der Waals surface area contributed by atoms with Crippen LogP contribution in [0.5, 0.6) is 0 Å². The smallest absolute Gasteiger partial charge is 0.293 e. The molecular weight excluding hydrogens is 400 g/mol. The van der Waals surface area contributed by atoms with Crippen molar-refractivity contribution in [3.63, 3.8) is 0 Å². The molecule has 2 aliphatic rings. The molecule has 0 aliphatic carbocycles. The standard InChI is InChI=1S/C26H32N4O2/c1-4-5-11-23-22-18-32-26(2,3)16-20(22)21(17-27)24(28-23)29-12-14-30(15-13-29)25(31)19-9-7-6-8-10-19/h6-10H,4-5,11-16,18H2,1-3H3/p+1. The van der Waals surface area contributed by atoms with Gasteiger partial charge in [0, 0.05) is 24.0 Å². The number of hydrogen-bond donors (Lipinski definition) is 0. The molecule has 1 saturated heterocycles. The lowest BCUT2D eigenvalue weighted by molar-refractivity contribution is -0.379. The number of carbonyl (C=O) groups excluding carboxylic acids is 1. The number of nitriles is 1. The molecule has 1 aromatic carbocycles. The summed E-state index contributed by atoms with van der Waals surface area (Å²) in [6.07, 6.45) is 3.90. The fourth-order valence-electron chi connectivity index (χ4n) is 4.69. The summed E-state index contributed by atoms with van der Waals surface area (Å²) >= 11 is 0. The number of piperazine rings is 1. The van der Waals surface area contributed by atoms with E-state index in [0.717, 1.165) is 53.8 Å². The molecule has 0 saturated carbocycles. The van der Waals surface area contributed by atoms with E-state index in [1.54, 1.807) is 0 Å². The maximum absolute atomic E-state index is 12.8. The topological polar surface area (TPSA) is 70.7 Å². The van der Waals surface area contributed by atoms with Gasteiger partial charge >= 0.3 is 0 Å². The van der Waals surface area contributed by atoms with Gasteiger partial charge in [-0.05, 0) is 38.0 Å². The Hall–Kier alpha value is -2.91. The molecule has 2 aromatic rings. The Morgan fingerprint density at radius 3 is 2.53 bits per heavy atom. The Balaban J connectivity index is 1.61. The average Bonchev–Trinajstić information content (AvgIpc) is 2.81. The van der Waals surface area contributed by atoms with Gasteiger partial charge in [0.25, 0.3) is 11.7 Å². The molecular formula is C26H33N4O2+. The molecule has 1 amide bonds. The van der Waals surface area contributed by atoms with Crippen LogP contribution >= 0.6 is 0 Å². The molecule has 4 rings (SSSR count). The minimum atomic E-state index is -0.278. The molecule has 0 atom stereocenters. The summed E-state index contributed by atoms with van der Waals surface area (Å²) in [6.45, 7) is 9.61. The number of carbonyl (C=O) groups is 1. The highest BCUT2D eigenvalue weighted by Crippen LogP contribution is 2.34. The number of H-pyrrole nitrogens is 1. The number of aromatic nitrogens is 1. The summed E-state index contributed by atoms with van der Waals surface area (Å²) in [4.78, 5) is 20.6. The second-order valence-electron chi connectivity index (χ2n) is 9.37. The van der Waals surface area contributed by atoms with Gasteiger partial charge in [-0.1, -0.05) is 31.5 Å². The SMILES string of the molecule is CCCCc1[nH+]c(N2CCN(C(=O)c3ccccc3)CC2)c(C#N)c2c1COC(C)(C)C2. The van der Waals surface area contributed by atoms with Crippen LogP contribution in [0.1, 0.15) is 66.4 Å². The second kappa shape index (κ2) is 9.30. The van der Waals surface area contributed by atoms with E-state index in [1.165, 1.54) is 5.69 Å². The summed E-state index contributed by atoms with van der Waals surface area (Å²) in [5.74, 6) is 0.976. The van der Waals surface area contributed by atoms with Crippen molar-refractivity contribution in [3.05, 3.63) is 58.3 Å². The molecule has 0 radical (unpaired) electrons. The van der Waals surface area contributed by atoms with Gasteiger partial charge in [0.2, 0.25) is 0 Å². The molecule has 6 nitrogen and oxygen atoms in total. The average molecular weight is 434 g/mol. The fraction of sp³-hybridized carbons (Fsp3) is 0.500. The molecule has 3 heterocycles. The number of aryl methyl sites for hydroxylation is 1. The van der Waals surface area contributed by atoms with Gasteiger partial charge in [0.05, 0.1) is 25.3 Å². The Morgan fingerprint density at radius 1 is 1.16 bits per heavy atom. The van der Waals surface area contributed by atoms with Crippen LogP contribution in [0.4, 0.5) is 5.82 Å². The number of rotatable bonds is 5. The van der Waals surface area contributed by atoms with E-state index in [9.17, 15) is 10.1 Å². The monoisotopic (exact) mass is 433 g/mol. The van der Waals surface area contributed by atoms with Gasteiger partial charge in [0.1, 0.15) is 30.4 Å². The fourth-order valence-corrected chi connectivity index (χ4v) is 4.69. The number of benzene rings is 1. The van der Waals surface area contributed by atoms with Crippen LogP contribution in [-0.2, 0) is 24.2 Å². The van der Waals surface area contributed by atoms with Crippen LogP contribution in [0.25, 0.3) is 0 Å². The van der Waals surface area contributed by atoms with E-state index >= 15 is 0 Å². The van der Waals surface area contributed by atoms with Crippen molar-refractivity contribution in [1.29, 1.82) is 5.26 Å². The number of unbranched alkanes of at least 4 members (excludes halogenated alkanes) is 1. The maximum Gasteiger partial charge on any atom is 0.293 e. The van der Waals surface area contributed by atoms with Gasteiger partial charge in [0.15, 0.2) is 0 Å². The summed E-state index contributed by atoms with van der Waals surface area (Å²) < 4.78 is 6.09. The van der Waals surface area contributed by atoms with Crippen molar-refractivity contribution >= 4 is 11.7 Å². The van der Waals surface area contributed by atoms with E-state index in [4.69, 9.17) is 4.74 Å². The number of ether oxygens (including phenoxy) is 1. The first-order valence-corrected chi connectivity index (χ1v) is 11.7. The van der Waals surface area contributed by atoms with E-state index in [2.05, 4.69) is 36.7 Å². The zero-order chi connectivity index (χ0) is 22.7. The molecule has 168 valence electrons. The van der Waals surface area contributed by atoms with Crippen LogP contribution in [0.15, 0.2) is 30.3 Å². The van der Waals surface area contributed by atoms with E-state index in [0.29, 0.717) is 32.8 Å². The molecule has 32 heavy (non-hydrogen) atoms. The zero-order valence-corrected chi connectivity index (χ0v) is 19.4. The Bertz CT molecular complexity index is 1020. The van der Waals surface area contributed by atoms with Crippen LogP contribution < -0.4 is 9.88 Å².